The van der Waals surface area contributed by atoms with Gasteiger partial charge in [0.05, 0.1) is 6.42 Å². The summed E-state index contributed by atoms with van der Waals surface area (Å²) in [7, 11) is 0. The first kappa shape index (κ1) is 22.7. The third-order valence-corrected chi connectivity index (χ3v) is 5.18. The fourth-order valence-electron chi connectivity index (χ4n) is 3.28. The Kier molecular flexibility index (Phi) is 8.44. The molecule has 0 aromatic heterocycles. The molecule has 0 bridgehead atoms. The van der Waals surface area contributed by atoms with Crippen LogP contribution in [-0.4, -0.2) is 35.8 Å². The van der Waals surface area contributed by atoms with Crippen molar-refractivity contribution in [2.45, 2.75) is 53.5 Å². The van der Waals surface area contributed by atoms with Crippen LogP contribution in [0.5, 0.6) is 0 Å². The number of hydrogen-bond acceptors (Lipinski definition) is 2. The molecule has 0 fully saturated rings. The minimum Gasteiger partial charge on any atom is -0.354 e. The molecule has 0 aliphatic heterocycles. The van der Waals surface area contributed by atoms with Crippen LogP contribution >= 0.6 is 0 Å². The van der Waals surface area contributed by atoms with Gasteiger partial charge in [0.15, 0.2) is 0 Å². The molecule has 2 amide bonds. The van der Waals surface area contributed by atoms with Gasteiger partial charge in [0.2, 0.25) is 11.8 Å². The fraction of sp³-hybridized carbons (Fsp3) is 0.440. The number of aryl methyl sites for hydroxylation is 2. The van der Waals surface area contributed by atoms with Gasteiger partial charge in [-0.3, -0.25) is 9.59 Å². The Morgan fingerprint density at radius 2 is 1.69 bits per heavy atom. The van der Waals surface area contributed by atoms with E-state index in [9.17, 15) is 9.59 Å². The molecular weight excluding hydrogens is 360 g/mol. The lowest BCUT2D eigenvalue weighted by atomic mass is 10.0. The van der Waals surface area contributed by atoms with E-state index in [1.165, 1.54) is 0 Å². The smallest absolute Gasteiger partial charge is 0.242 e. The number of rotatable bonds is 9. The maximum Gasteiger partial charge on any atom is 0.242 e. The van der Waals surface area contributed by atoms with Crippen LogP contribution in [0, 0.1) is 19.8 Å². The van der Waals surface area contributed by atoms with Crippen LogP contribution in [0.3, 0.4) is 0 Å². The Hall–Kier alpha value is -2.62. The second-order valence-electron chi connectivity index (χ2n) is 8.24. The molecule has 29 heavy (non-hydrogen) atoms. The van der Waals surface area contributed by atoms with Gasteiger partial charge < -0.3 is 10.2 Å². The summed E-state index contributed by atoms with van der Waals surface area (Å²) in [5, 5.41) is 2.97. The number of benzene rings is 2. The van der Waals surface area contributed by atoms with Crippen LogP contribution in [0.25, 0.3) is 0 Å². The minimum absolute atomic E-state index is 0.0122. The van der Waals surface area contributed by atoms with E-state index in [4.69, 9.17) is 0 Å². The SMILES string of the molecule is Cc1ccc(C)c(CC(=O)N(CCc2ccccc2)[C@@H](C)C(=O)NCC(C)C)c1. The van der Waals surface area contributed by atoms with Crippen LogP contribution in [-0.2, 0) is 22.4 Å². The van der Waals surface area contributed by atoms with E-state index in [1.807, 2.05) is 45.0 Å². The first-order chi connectivity index (χ1) is 13.8. The third-order valence-electron chi connectivity index (χ3n) is 5.18. The Labute approximate surface area is 175 Å². The summed E-state index contributed by atoms with van der Waals surface area (Å²) >= 11 is 0. The van der Waals surface area contributed by atoms with Gasteiger partial charge in [-0.2, -0.15) is 0 Å². The number of amides is 2. The van der Waals surface area contributed by atoms with Crippen molar-refractivity contribution in [2.75, 3.05) is 13.1 Å². The highest BCUT2D eigenvalue weighted by Crippen LogP contribution is 2.14. The Balaban J connectivity index is 2.16. The molecular formula is C25H34N2O2. The highest BCUT2D eigenvalue weighted by Gasteiger charge is 2.26. The molecule has 0 aliphatic rings. The van der Waals surface area contributed by atoms with Crippen LogP contribution < -0.4 is 5.32 Å². The molecule has 0 saturated carbocycles. The van der Waals surface area contributed by atoms with Gasteiger partial charge >= 0.3 is 0 Å². The van der Waals surface area contributed by atoms with Crippen molar-refractivity contribution in [3.63, 3.8) is 0 Å². The highest BCUT2D eigenvalue weighted by molar-refractivity contribution is 5.88. The van der Waals surface area contributed by atoms with Crippen molar-refractivity contribution < 1.29 is 9.59 Å². The van der Waals surface area contributed by atoms with Crippen LogP contribution in [0.2, 0.25) is 0 Å². The Bertz CT molecular complexity index is 815. The number of hydrogen-bond donors (Lipinski definition) is 1. The van der Waals surface area contributed by atoms with Gasteiger partial charge in [0, 0.05) is 13.1 Å². The standard InChI is InChI=1S/C25H34N2O2/c1-18(2)17-26-25(29)21(5)27(14-13-22-9-7-6-8-10-22)24(28)16-23-15-19(3)11-12-20(23)4/h6-12,15,18,21H,13-14,16-17H2,1-5H3,(H,26,29)/t21-/m0/s1. The Morgan fingerprint density at radius 3 is 2.34 bits per heavy atom. The third kappa shape index (κ3) is 7.04. The monoisotopic (exact) mass is 394 g/mol. The molecule has 2 rings (SSSR count). The van der Waals surface area contributed by atoms with Gasteiger partial charge in [-0.1, -0.05) is 67.9 Å². The van der Waals surface area contributed by atoms with Gasteiger partial charge in [-0.25, -0.2) is 0 Å². The molecule has 0 saturated heterocycles. The van der Waals surface area contributed by atoms with E-state index in [-0.39, 0.29) is 11.8 Å². The van der Waals surface area contributed by atoms with Crippen molar-refractivity contribution in [3.05, 3.63) is 70.8 Å². The molecule has 156 valence electrons. The molecule has 1 atom stereocenters. The van der Waals surface area contributed by atoms with E-state index >= 15 is 0 Å². The lowest BCUT2D eigenvalue weighted by Crippen LogP contribution is -2.49. The topological polar surface area (TPSA) is 49.4 Å². The molecule has 0 heterocycles. The zero-order valence-electron chi connectivity index (χ0n) is 18.4. The number of nitrogens with zero attached hydrogens (tertiary/aromatic N) is 1. The average molecular weight is 395 g/mol. The number of carbonyl (C=O) groups excluding carboxylic acids is 2. The normalized spacial score (nSPS) is 11.9. The van der Waals surface area contributed by atoms with E-state index < -0.39 is 6.04 Å². The largest absolute Gasteiger partial charge is 0.354 e. The lowest BCUT2D eigenvalue weighted by molar-refractivity contribution is -0.139. The first-order valence-corrected chi connectivity index (χ1v) is 10.4. The summed E-state index contributed by atoms with van der Waals surface area (Å²) < 4.78 is 0. The zero-order valence-corrected chi connectivity index (χ0v) is 18.4. The van der Waals surface area contributed by atoms with Crippen molar-refractivity contribution in [3.8, 4) is 0 Å². The van der Waals surface area contributed by atoms with Crippen LogP contribution in [0.15, 0.2) is 48.5 Å². The number of nitrogens with one attached hydrogen (secondary N) is 1. The van der Waals surface area contributed by atoms with Crippen molar-refractivity contribution in [1.29, 1.82) is 0 Å². The molecule has 0 radical (unpaired) electrons. The van der Waals surface area contributed by atoms with Gasteiger partial charge in [-0.15, -0.1) is 0 Å². The van der Waals surface area contributed by atoms with Crippen LogP contribution in [0.4, 0.5) is 0 Å². The quantitative estimate of drug-likeness (QED) is 0.697. The summed E-state index contributed by atoms with van der Waals surface area (Å²) in [6.45, 7) is 11.1. The maximum absolute atomic E-state index is 13.2. The molecule has 2 aromatic carbocycles. The molecule has 4 nitrogen and oxygen atoms in total. The second-order valence-corrected chi connectivity index (χ2v) is 8.24. The lowest BCUT2D eigenvalue weighted by Gasteiger charge is -2.29. The molecule has 1 N–H and O–H groups in total. The zero-order chi connectivity index (χ0) is 21.4. The minimum atomic E-state index is -0.505. The maximum atomic E-state index is 13.2. The predicted molar refractivity (Wildman–Crippen MR) is 119 cm³/mol. The van der Waals surface area contributed by atoms with E-state index in [0.717, 1.165) is 28.7 Å². The summed E-state index contributed by atoms with van der Waals surface area (Å²) in [4.78, 5) is 27.6. The molecule has 4 heteroatoms. The van der Waals surface area contributed by atoms with E-state index in [2.05, 4.69) is 43.4 Å². The summed E-state index contributed by atoms with van der Waals surface area (Å²) in [5.74, 6) is 0.262. The second kappa shape index (κ2) is 10.8. The van der Waals surface area contributed by atoms with E-state index in [0.29, 0.717) is 25.4 Å². The van der Waals surface area contributed by atoms with Crippen molar-refractivity contribution >= 4 is 11.8 Å². The number of carbonyl (C=O) groups is 2. The average Bonchev–Trinajstić information content (AvgIpc) is 2.69. The molecule has 2 aromatic rings. The first-order valence-electron chi connectivity index (χ1n) is 10.4. The van der Waals surface area contributed by atoms with Gasteiger partial charge in [-0.05, 0) is 49.8 Å². The van der Waals surface area contributed by atoms with Crippen molar-refractivity contribution in [1.82, 2.24) is 10.2 Å². The van der Waals surface area contributed by atoms with Gasteiger partial charge in [0.25, 0.3) is 0 Å². The van der Waals surface area contributed by atoms with Gasteiger partial charge in [0.1, 0.15) is 6.04 Å². The predicted octanol–water partition coefficient (Wildman–Crippen LogP) is 4.08. The highest BCUT2D eigenvalue weighted by atomic mass is 16.2. The Morgan fingerprint density at radius 1 is 1.00 bits per heavy atom. The summed E-state index contributed by atoms with van der Waals surface area (Å²) in [6, 6.07) is 15.7. The van der Waals surface area contributed by atoms with E-state index in [1.54, 1.807) is 4.90 Å². The summed E-state index contributed by atoms with van der Waals surface area (Å²) in [5.41, 5.74) is 4.42. The van der Waals surface area contributed by atoms with Crippen LogP contribution in [0.1, 0.15) is 43.0 Å². The molecule has 0 spiro atoms. The molecule has 0 unspecified atom stereocenters. The van der Waals surface area contributed by atoms with Crippen molar-refractivity contribution in [2.24, 2.45) is 5.92 Å². The molecule has 0 aliphatic carbocycles. The fourth-order valence-corrected chi connectivity index (χ4v) is 3.28. The summed E-state index contributed by atoms with van der Waals surface area (Å²) in [6.07, 6.45) is 1.03.